The zero-order chi connectivity index (χ0) is 22.7. The molecule has 3 aliphatic heterocycles. The molecule has 1 aromatic rings. The van der Waals surface area contributed by atoms with Crippen LogP contribution in [0.4, 0.5) is 0 Å². The van der Waals surface area contributed by atoms with Gasteiger partial charge in [0.25, 0.3) is 12.4 Å². The Morgan fingerprint density at radius 1 is 1.35 bits per heavy atom. The van der Waals surface area contributed by atoms with Crippen molar-refractivity contribution < 1.29 is 24.0 Å². The largest absolute Gasteiger partial charge is 0.483 e. The third-order valence-electron chi connectivity index (χ3n) is 6.67. The van der Waals surface area contributed by atoms with Crippen LogP contribution >= 0.6 is 0 Å². The molecule has 0 spiro atoms. The maximum Gasteiger partial charge on any atom is 0.292 e. The minimum absolute atomic E-state index is 0.0618. The van der Waals surface area contributed by atoms with E-state index in [4.69, 9.17) is 14.4 Å². The Morgan fingerprint density at radius 3 is 2.65 bits per heavy atom. The molecule has 0 saturated carbocycles. The van der Waals surface area contributed by atoms with Crippen LogP contribution in [0.15, 0.2) is 10.6 Å². The lowest BCUT2D eigenvalue weighted by molar-refractivity contribution is -0.152. The summed E-state index contributed by atoms with van der Waals surface area (Å²) in [6.07, 6.45) is 3.78. The summed E-state index contributed by atoms with van der Waals surface area (Å²) in [7, 11) is 4.12. The van der Waals surface area contributed by atoms with Crippen molar-refractivity contribution in [2.75, 3.05) is 33.7 Å². The molecule has 0 aliphatic carbocycles. The molecule has 0 aromatic carbocycles. The van der Waals surface area contributed by atoms with Gasteiger partial charge in [0.05, 0.1) is 5.69 Å². The van der Waals surface area contributed by atoms with Gasteiger partial charge in [-0.1, -0.05) is 19.0 Å². The summed E-state index contributed by atoms with van der Waals surface area (Å²) in [5.41, 5.74) is 0.815. The van der Waals surface area contributed by atoms with E-state index in [2.05, 4.69) is 29.1 Å². The number of aromatic nitrogens is 1. The van der Waals surface area contributed by atoms with E-state index < -0.39 is 0 Å². The van der Waals surface area contributed by atoms with Crippen LogP contribution in [0, 0.1) is 11.8 Å². The van der Waals surface area contributed by atoms with Crippen LogP contribution in [-0.2, 0) is 9.59 Å². The number of hydrogen-bond donors (Lipinski definition) is 1. The van der Waals surface area contributed by atoms with Crippen LogP contribution in [0.25, 0.3) is 0 Å². The minimum Gasteiger partial charge on any atom is -0.483 e. The highest BCUT2D eigenvalue weighted by Gasteiger charge is 2.50. The van der Waals surface area contributed by atoms with Gasteiger partial charge in [-0.2, -0.15) is 0 Å². The fourth-order valence-electron chi connectivity index (χ4n) is 5.37. The number of carboxylic acid groups (broad SMARTS) is 1. The Balaban J connectivity index is 0.000000858. The standard InChI is InChI=1S/C21H32N4O3.CH2O2/c1-13(2)16-9-19(28-22-16)21(27)24-10-14-8-15(11-24)18(12-23(3)4)25-17(14)6-5-7-20(25)26;2-1-3/h9,13-15,17-18H,5-8,10-12H2,1-4H3;1H,(H,2,3)/t14-,15+,17+,18+;/m1./s1. The van der Waals surface area contributed by atoms with Gasteiger partial charge in [0, 0.05) is 44.2 Å². The fourth-order valence-corrected chi connectivity index (χ4v) is 5.37. The van der Waals surface area contributed by atoms with Gasteiger partial charge in [0.1, 0.15) is 0 Å². The Bertz CT molecular complexity index is 793. The van der Waals surface area contributed by atoms with Gasteiger partial charge in [-0.15, -0.1) is 0 Å². The summed E-state index contributed by atoms with van der Waals surface area (Å²) in [5.74, 6) is 1.48. The number of amides is 2. The summed E-state index contributed by atoms with van der Waals surface area (Å²) in [4.78, 5) is 40.5. The van der Waals surface area contributed by atoms with Gasteiger partial charge in [-0.3, -0.25) is 14.4 Å². The summed E-state index contributed by atoms with van der Waals surface area (Å²) >= 11 is 0. The van der Waals surface area contributed by atoms with Crippen LogP contribution in [0.1, 0.15) is 61.7 Å². The fraction of sp³-hybridized carbons (Fsp3) is 0.727. The van der Waals surface area contributed by atoms with Crippen LogP contribution in [0.5, 0.6) is 0 Å². The quantitative estimate of drug-likeness (QED) is 0.721. The van der Waals surface area contributed by atoms with Crippen LogP contribution in [0.2, 0.25) is 0 Å². The van der Waals surface area contributed by atoms with Gasteiger partial charge < -0.3 is 24.3 Å². The molecule has 4 rings (SSSR count). The third kappa shape index (κ3) is 4.92. The molecule has 172 valence electrons. The van der Waals surface area contributed by atoms with Crippen molar-refractivity contribution in [3.05, 3.63) is 17.5 Å². The maximum absolute atomic E-state index is 13.1. The molecular formula is C22H34N4O5. The van der Waals surface area contributed by atoms with E-state index in [0.717, 1.165) is 31.5 Å². The second-order valence-corrected chi connectivity index (χ2v) is 9.43. The number of nitrogens with zero attached hydrogens (tertiary/aromatic N) is 4. The smallest absolute Gasteiger partial charge is 0.292 e. The number of fused-ring (bicyclic) bond motifs is 4. The number of hydrogen-bond acceptors (Lipinski definition) is 6. The molecule has 2 bridgehead atoms. The lowest BCUT2D eigenvalue weighted by Gasteiger charge is -2.57. The summed E-state index contributed by atoms with van der Waals surface area (Å²) in [6.45, 7) is 6.07. The highest BCUT2D eigenvalue weighted by molar-refractivity contribution is 5.91. The van der Waals surface area contributed by atoms with E-state index in [1.165, 1.54) is 0 Å². The van der Waals surface area contributed by atoms with Crippen molar-refractivity contribution in [3.8, 4) is 0 Å². The average Bonchev–Trinajstić information content (AvgIpc) is 3.21. The second kappa shape index (κ2) is 9.80. The first kappa shape index (κ1) is 23.2. The lowest BCUT2D eigenvalue weighted by atomic mass is 9.72. The maximum atomic E-state index is 13.1. The van der Waals surface area contributed by atoms with E-state index in [0.29, 0.717) is 43.0 Å². The monoisotopic (exact) mass is 434 g/mol. The SMILES string of the molecule is CC(C)c1cc(C(=O)N2C[C@H]3C[C@@H](C2)[C@H](CN(C)C)N2C(=O)CCC[C@@H]32)on1.O=CO. The zero-order valence-corrected chi connectivity index (χ0v) is 18.9. The second-order valence-electron chi connectivity index (χ2n) is 9.43. The predicted molar refractivity (Wildman–Crippen MR) is 114 cm³/mol. The van der Waals surface area contributed by atoms with Crippen molar-refractivity contribution in [1.82, 2.24) is 19.9 Å². The number of carbonyl (C=O) groups is 3. The topological polar surface area (TPSA) is 107 Å². The van der Waals surface area contributed by atoms with E-state index in [-0.39, 0.29) is 30.4 Å². The first-order chi connectivity index (χ1) is 14.8. The first-order valence-electron chi connectivity index (χ1n) is 11.1. The lowest BCUT2D eigenvalue weighted by Crippen LogP contribution is -2.67. The predicted octanol–water partition coefficient (Wildman–Crippen LogP) is 1.90. The molecule has 2 amide bonds. The van der Waals surface area contributed by atoms with Crippen molar-refractivity contribution >= 4 is 18.3 Å². The molecule has 3 fully saturated rings. The normalized spacial score (nSPS) is 27.6. The van der Waals surface area contributed by atoms with E-state index in [9.17, 15) is 9.59 Å². The molecule has 0 radical (unpaired) electrons. The Kier molecular flexibility index (Phi) is 7.35. The minimum atomic E-state index is -0.250. The van der Waals surface area contributed by atoms with Crippen molar-refractivity contribution in [3.63, 3.8) is 0 Å². The summed E-state index contributed by atoms with van der Waals surface area (Å²) in [6, 6.07) is 2.23. The summed E-state index contributed by atoms with van der Waals surface area (Å²) < 4.78 is 5.36. The highest BCUT2D eigenvalue weighted by atomic mass is 16.5. The molecule has 31 heavy (non-hydrogen) atoms. The molecule has 4 heterocycles. The third-order valence-corrected chi connectivity index (χ3v) is 6.67. The van der Waals surface area contributed by atoms with Gasteiger partial charge in [-0.25, -0.2) is 0 Å². The molecular weight excluding hydrogens is 400 g/mol. The Morgan fingerprint density at radius 2 is 2.03 bits per heavy atom. The van der Waals surface area contributed by atoms with E-state index in [1.807, 2.05) is 18.7 Å². The van der Waals surface area contributed by atoms with Crippen molar-refractivity contribution in [2.45, 2.75) is 57.5 Å². The number of piperidine rings is 3. The Labute approximate surface area is 183 Å². The molecule has 4 atom stereocenters. The van der Waals surface area contributed by atoms with E-state index in [1.54, 1.807) is 6.07 Å². The molecule has 3 saturated heterocycles. The molecule has 0 unspecified atom stereocenters. The average molecular weight is 435 g/mol. The van der Waals surface area contributed by atoms with Crippen molar-refractivity contribution in [2.24, 2.45) is 11.8 Å². The van der Waals surface area contributed by atoms with Crippen molar-refractivity contribution in [1.29, 1.82) is 0 Å². The van der Waals surface area contributed by atoms with Gasteiger partial charge in [0.2, 0.25) is 11.7 Å². The van der Waals surface area contributed by atoms with Gasteiger partial charge in [-0.05, 0) is 51.1 Å². The molecule has 3 aliphatic rings. The number of carbonyl (C=O) groups excluding carboxylic acids is 2. The van der Waals surface area contributed by atoms with Crippen LogP contribution < -0.4 is 0 Å². The highest BCUT2D eigenvalue weighted by Crippen LogP contribution is 2.42. The zero-order valence-electron chi connectivity index (χ0n) is 18.9. The first-order valence-corrected chi connectivity index (χ1v) is 11.1. The number of likely N-dealkylation sites (N-methyl/N-ethyl adjacent to an activating group) is 1. The van der Waals surface area contributed by atoms with Crippen LogP contribution in [0.3, 0.4) is 0 Å². The molecule has 9 nitrogen and oxygen atoms in total. The van der Waals surface area contributed by atoms with Gasteiger partial charge in [0.15, 0.2) is 0 Å². The van der Waals surface area contributed by atoms with Gasteiger partial charge >= 0.3 is 0 Å². The number of likely N-dealkylation sites (tertiary alicyclic amines) is 1. The summed E-state index contributed by atoms with van der Waals surface area (Å²) in [5, 5.41) is 10.9. The Hall–Kier alpha value is -2.42. The molecule has 1 N–H and O–H groups in total. The van der Waals surface area contributed by atoms with Crippen LogP contribution in [-0.4, -0.2) is 89.1 Å². The van der Waals surface area contributed by atoms with E-state index >= 15 is 0 Å². The molecule has 9 heteroatoms. The molecule has 1 aromatic heterocycles. The number of rotatable bonds is 4.